The van der Waals surface area contributed by atoms with Gasteiger partial charge in [-0.15, -0.1) is 0 Å². The number of aryl methyl sites for hydroxylation is 1. The molecule has 0 spiro atoms. The van der Waals surface area contributed by atoms with Gasteiger partial charge in [-0.3, -0.25) is 4.90 Å². The van der Waals surface area contributed by atoms with Crippen LogP contribution < -0.4 is 5.32 Å². The van der Waals surface area contributed by atoms with Crippen LogP contribution in [0.1, 0.15) is 11.1 Å². The van der Waals surface area contributed by atoms with E-state index in [1.54, 1.807) is 0 Å². The Bertz CT molecular complexity index is 544. The van der Waals surface area contributed by atoms with Crippen LogP contribution in [-0.2, 0) is 6.54 Å². The van der Waals surface area contributed by atoms with Crippen LogP contribution in [0.4, 0.5) is 0 Å². The van der Waals surface area contributed by atoms with E-state index in [1.807, 2.05) is 6.20 Å². The third kappa shape index (κ3) is 2.85. The minimum Gasteiger partial charge on any atom is -0.356 e. The smallest absolute Gasteiger partial charge is 0.171 e. The highest BCUT2D eigenvalue weighted by molar-refractivity contribution is 5.61. The van der Waals surface area contributed by atoms with Crippen molar-refractivity contribution in [3.05, 3.63) is 41.6 Å². The average Bonchev–Trinajstić information content (AvgIpc) is 2.88. The lowest BCUT2D eigenvalue weighted by Gasteiger charge is -2.26. The van der Waals surface area contributed by atoms with Gasteiger partial charge < -0.3 is 9.84 Å². The quantitative estimate of drug-likeness (QED) is 0.913. The molecular weight excluding hydrogens is 238 g/mol. The van der Waals surface area contributed by atoms with Crippen LogP contribution in [0.15, 0.2) is 35.0 Å². The number of aromatic nitrogens is 1. The molecule has 1 N–H and O–H groups in total. The van der Waals surface area contributed by atoms with Crippen molar-refractivity contribution in [3.63, 3.8) is 0 Å². The monoisotopic (exact) mass is 257 g/mol. The molecule has 1 aliphatic heterocycles. The van der Waals surface area contributed by atoms with Gasteiger partial charge >= 0.3 is 0 Å². The minimum absolute atomic E-state index is 0.905. The summed E-state index contributed by atoms with van der Waals surface area (Å²) >= 11 is 0. The maximum atomic E-state index is 5.45. The van der Waals surface area contributed by atoms with Gasteiger partial charge in [0.1, 0.15) is 0 Å². The van der Waals surface area contributed by atoms with E-state index in [1.165, 1.54) is 11.1 Å². The summed E-state index contributed by atoms with van der Waals surface area (Å²) in [5, 5.41) is 7.34. The van der Waals surface area contributed by atoms with Crippen molar-refractivity contribution in [2.45, 2.75) is 13.5 Å². The molecule has 1 fully saturated rings. The average molecular weight is 257 g/mol. The number of piperazine rings is 1. The number of nitrogens with zero attached hydrogens (tertiary/aromatic N) is 2. The molecule has 0 atom stereocenters. The second-order valence-corrected chi connectivity index (χ2v) is 5.08. The number of nitrogens with one attached hydrogen (secondary N) is 1. The number of rotatable bonds is 3. The van der Waals surface area contributed by atoms with Crippen molar-refractivity contribution >= 4 is 0 Å². The zero-order valence-electron chi connectivity index (χ0n) is 11.2. The second kappa shape index (κ2) is 5.55. The molecule has 1 aromatic heterocycles. The van der Waals surface area contributed by atoms with Gasteiger partial charge in [0.25, 0.3) is 0 Å². The molecule has 1 aromatic carbocycles. The first-order valence-corrected chi connectivity index (χ1v) is 6.76. The van der Waals surface area contributed by atoms with Crippen LogP contribution in [0.2, 0.25) is 0 Å². The number of hydrogen-bond acceptors (Lipinski definition) is 4. The molecule has 100 valence electrons. The predicted octanol–water partition coefficient (Wildman–Crippen LogP) is 2.06. The molecule has 0 aliphatic carbocycles. The zero-order valence-corrected chi connectivity index (χ0v) is 11.2. The van der Waals surface area contributed by atoms with Crippen LogP contribution >= 0.6 is 0 Å². The predicted molar refractivity (Wildman–Crippen MR) is 74.8 cm³/mol. The molecule has 1 aliphatic rings. The van der Waals surface area contributed by atoms with Gasteiger partial charge in [-0.05, 0) is 13.0 Å². The van der Waals surface area contributed by atoms with E-state index >= 15 is 0 Å². The molecule has 0 radical (unpaired) electrons. The van der Waals surface area contributed by atoms with Gasteiger partial charge in [-0.25, -0.2) is 0 Å². The van der Waals surface area contributed by atoms with Crippen molar-refractivity contribution in [2.75, 3.05) is 26.2 Å². The molecule has 0 saturated carbocycles. The first kappa shape index (κ1) is 12.4. The van der Waals surface area contributed by atoms with E-state index in [2.05, 4.69) is 46.6 Å². The summed E-state index contributed by atoms with van der Waals surface area (Å²) in [5.41, 5.74) is 3.53. The lowest BCUT2D eigenvalue weighted by atomic mass is 10.1. The number of hydrogen-bond donors (Lipinski definition) is 1. The third-order valence-electron chi connectivity index (χ3n) is 3.53. The molecule has 4 heteroatoms. The Morgan fingerprint density at radius 1 is 1.32 bits per heavy atom. The summed E-state index contributed by atoms with van der Waals surface area (Å²) in [4.78, 5) is 2.43. The van der Waals surface area contributed by atoms with E-state index in [4.69, 9.17) is 4.52 Å². The molecule has 0 amide bonds. The summed E-state index contributed by atoms with van der Waals surface area (Å²) in [6.45, 7) is 7.29. The standard InChI is InChI=1S/C15H19N3O/c1-12-3-2-4-13(9-12)15-14(10-17-19-15)11-18-7-5-16-6-8-18/h2-4,9-10,16H,5-8,11H2,1H3. The van der Waals surface area contributed by atoms with E-state index in [0.717, 1.165) is 44.0 Å². The fraction of sp³-hybridized carbons (Fsp3) is 0.400. The molecule has 0 unspecified atom stereocenters. The molecule has 3 rings (SSSR count). The Morgan fingerprint density at radius 2 is 2.16 bits per heavy atom. The van der Waals surface area contributed by atoms with Crippen LogP contribution in [0.3, 0.4) is 0 Å². The maximum Gasteiger partial charge on any atom is 0.171 e. The molecule has 4 nitrogen and oxygen atoms in total. The van der Waals surface area contributed by atoms with Crippen molar-refractivity contribution in [2.24, 2.45) is 0 Å². The van der Waals surface area contributed by atoms with Crippen molar-refractivity contribution < 1.29 is 4.52 Å². The van der Waals surface area contributed by atoms with Crippen molar-refractivity contribution in [1.82, 2.24) is 15.4 Å². The Labute approximate surface area is 113 Å². The molecule has 2 aromatic rings. The Hall–Kier alpha value is -1.65. The first-order valence-electron chi connectivity index (χ1n) is 6.76. The summed E-state index contributed by atoms with van der Waals surface area (Å²) in [7, 11) is 0. The Kier molecular flexibility index (Phi) is 3.62. The number of benzene rings is 1. The fourth-order valence-electron chi connectivity index (χ4n) is 2.51. The topological polar surface area (TPSA) is 41.3 Å². The molecular formula is C15H19N3O. The molecule has 19 heavy (non-hydrogen) atoms. The van der Waals surface area contributed by atoms with E-state index in [0.29, 0.717) is 0 Å². The summed E-state index contributed by atoms with van der Waals surface area (Å²) in [5.74, 6) is 0.905. The van der Waals surface area contributed by atoms with E-state index in [-0.39, 0.29) is 0 Å². The van der Waals surface area contributed by atoms with Gasteiger partial charge in [-0.2, -0.15) is 0 Å². The normalized spacial score (nSPS) is 16.7. The van der Waals surface area contributed by atoms with Gasteiger partial charge in [0.05, 0.1) is 6.20 Å². The van der Waals surface area contributed by atoms with Gasteiger partial charge in [-0.1, -0.05) is 28.9 Å². The summed E-state index contributed by atoms with van der Waals surface area (Å²) in [6.07, 6.45) is 1.85. The highest BCUT2D eigenvalue weighted by Gasteiger charge is 2.16. The van der Waals surface area contributed by atoms with Crippen LogP contribution in [0.25, 0.3) is 11.3 Å². The van der Waals surface area contributed by atoms with Crippen LogP contribution in [-0.4, -0.2) is 36.2 Å². The lowest BCUT2D eigenvalue weighted by molar-refractivity contribution is 0.233. The fourth-order valence-corrected chi connectivity index (χ4v) is 2.51. The summed E-state index contributed by atoms with van der Waals surface area (Å²) < 4.78 is 5.45. The van der Waals surface area contributed by atoms with E-state index in [9.17, 15) is 0 Å². The second-order valence-electron chi connectivity index (χ2n) is 5.08. The Morgan fingerprint density at radius 3 is 2.95 bits per heavy atom. The first-order chi connectivity index (χ1) is 9.33. The maximum absolute atomic E-state index is 5.45. The molecule has 0 bridgehead atoms. The van der Waals surface area contributed by atoms with E-state index < -0.39 is 0 Å². The molecule has 1 saturated heterocycles. The van der Waals surface area contributed by atoms with Crippen molar-refractivity contribution in [1.29, 1.82) is 0 Å². The summed E-state index contributed by atoms with van der Waals surface area (Å²) in [6, 6.07) is 8.37. The highest BCUT2D eigenvalue weighted by Crippen LogP contribution is 2.25. The SMILES string of the molecule is Cc1cccc(-c2oncc2CN2CCNCC2)c1. The lowest BCUT2D eigenvalue weighted by Crippen LogP contribution is -2.42. The van der Waals surface area contributed by atoms with Gasteiger partial charge in [0, 0.05) is 43.9 Å². The van der Waals surface area contributed by atoms with Crippen molar-refractivity contribution in [3.8, 4) is 11.3 Å². The highest BCUT2D eigenvalue weighted by atomic mass is 16.5. The minimum atomic E-state index is 0.905. The van der Waals surface area contributed by atoms with Crippen LogP contribution in [0.5, 0.6) is 0 Å². The van der Waals surface area contributed by atoms with Gasteiger partial charge in [0.15, 0.2) is 5.76 Å². The van der Waals surface area contributed by atoms with Gasteiger partial charge in [0.2, 0.25) is 0 Å². The Balaban J connectivity index is 1.81. The largest absolute Gasteiger partial charge is 0.356 e. The zero-order chi connectivity index (χ0) is 13.1. The van der Waals surface area contributed by atoms with Crippen LogP contribution in [0, 0.1) is 6.92 Å². The third-order valence-corrected chi connectivity index (χ3v) is 3.53. The molecule has 2 heterocycles.